The SMILES string of the molecule is CC(C)(CCCl)Nc1ncnc2sccc12. The van der Waals surface area contributed by atoms with Gasteiger partial charge in [0.1, 0.15) is 17.0 Å². The largest absolute Gasteiger partial charge is 0.365 e. The van der Waals surface area contributed by atoms with Gasteiger partial charge in [-0.3, -0.25) is 0 Å². The number of alkyl halides is 1. The predicted octanol–water partition coefficient (Wildman–Crippen LogP) is 3.51. The third-order valence-electron chi connectivity index (χ3n) is 2.44. The highest BCUT2D eigenvalue weighted by atomic mass is 35.5. The van der Waals surface area contributed by atoms with Gasteiger partial charge in [0.25, 0.3) is 0 Å². The third-order valence-corrected chi connectivity index (χ3v) is 3.45. The second kappa shape index (κ2) is 4.55. The maximum Gasteiger partial charge on any atom is 0.138 e. The molecule has 0 unspecified atom stereocenters. The van der Waals surface area contributed by atoms with Crippen LogP contribution in [0.4, 0.5) is 5.82 Å². The van der Waals surface area contributed by atoms with Crippen LogP contribution in [0.25, 0.3) is 10.2 Å². The van der Waals surface area contributed by atoms with E-state index in [1.54, 1.807) is 17.7 Å². The molecule has 0 spiro atoms. The molecule has 1 N–H and O–H groups in total. The molecule has 0 aliphatic heterocycles. The number of aromatic nitrogens is 2. The van der Waals surface area contributed by atoms with Crippen LogP contribution in [0.3, 0.4) is 0 Å². The van der Waals surface area contributed by atoms with Crippen LogP contribution in [0.1, 0.15) is 20.3 Å². The molecule has 86 valence electrons. The molecule has 2 aromatic rings. The first-order valence-electron chi connectivity index (χ1n) is 5.15. The molecule has 5 heteroatoms. The van der Waals surface area contributed by atoms with Crippen molar-refractivity contribution in [3.8, 4) is 0 Å². The van der Waals surface area contributed by atoms with Crippen molar-refractivity contribution in [2.24, 2.45) is 0 Å². The summed E-state index contributed by atoms with van der Waals surface area (Å²) in [7, 11) is 0. The van der Waals surface area contributed by atoms with Crippen molar-refractivity contribution in [1.82, 2.24) is 9.97 Å². The van der Waals surface area contributed by atoms with Crippen LogP contribution in [0.15, 0.2) is 17.8 Å². The number of rotatable bonds is 4. The summed E-state index contributed by atoms with van der Waals surface area (Å²) >= 11 is 7.40. The van der Waals surface area contributed by atoms with E-state index in [-0.39, 0.29) is 5.54 Å². The standard InChI is InChI=1S/C11H14ClN3S/c1-11(2,4-5-12)15-9-8-3-6-16-10(8)14-7-13-9/h3,6-7H,4-5H2,1-2H3,(H,13,14,15). The monoisotopic (exact) mass is 255 g/mol. The highest BCUT2D eigenvalue weighted by Crippen LogP contribution is 2.26. The summed E-state index contributed by atoms with van der Waals surface area (Å²) in [6.45, 7) is 4.24. The molecule has 0 fully saturated rings. The van der Waals surface area contributed by atoms with Gasteiger partial charge in [-0.2, -0.15) is 0 Å². The molecule has 0 aliphatic carbocycles. The molecular formula is C11H14ClN3S. The van der Waals surface area contributed by atoms with Crippen molar-refractivity contribution in [2.45, 2.75) is 25.8 Å². The first-order chi connectivity index (χ1) is 7.62. The van der Waals surface area contributed by atoms with Crippen molar-refractivity contribution >= 4 is 39.0 Å². The van der Waals surface area contributed by atoms with Crippen LogP contribution >= 0.6 is 22.9 Å². The van der Waals surface area contributed by atoms with E-state index in [0.29, 0.717) is 5.88 Å². The minimum atomic E-state index is -0.0506. The molecule has 2 heterocycles. The maximum atomic E-state index is 5.78. The van der Waals surface area contributed by atoms with Gasteiger partial charge in [-0.05, 0) is 31.7 Å². The summed E-state index contributed by atoms with van der Waals surface area (Å²) in [5, 5.41) is 6.53. The molecule has 0 saturated carbocycles. The molecule has 0 aliphatic rings. The Bertz CT molecular complexity index is 481. The lowest BCUT2D eigenvalue weighted by Gasteiger charge is -2.26. The summed E-state index contributed by atoms with van der Waals surface area (Å²) in [5.74, 6) is 1.53. The topological polar surface area (TPSA) is 37.8 Å². The highest BCUT2D eigenvalue weighted by molar-refractivity contribution is 7.16. The minimum Gasteiger partial charge on any atom is -0.365 e. The van der Waals surface area contributed by atoms with Crippen molar-refractivity contribution in [2.75, 3.05) is 11.2 Å². The molecule has 2 aromatic heterocycles. The Balaban J connectivity index is 2.30. The van der Waals surface area contributed by atoms with E-state index in [4.69, 9.17) is 11.6 Å². The van der Waals surface area contributed by atoms with Gasteiger partial charge in [0.05, 0.1) is 5.39 Å². The molecular weight excluding hydrogens is 242 g/mol. The number of thiophene rings is 1. The number of anilines is 1. The molecule has 0 aromatic carbocycles. The Morgan fingerprint density at radius 3 is 3.00 bits per heavy atom. The van der Waals surface area contributed by atoms with Gasteiger partial charge in [-0.1, -0.05) is 0 Å². The lowest BCUT2D eigenvalue weighted by atomic mass is 10.0. The summed E-state index contributed by atoms with van der Waals surface area (Å²) < 4.78 is 0. The van der Waals surface area contributed by atoms with Gasteiger partial charge < -0.3 is 5.32 Å². The van der Waals surface area contributed by atoms with E-state index in [0.717, 1.165) is 22.5 Å². The van der Waals surface area contributed by atoms with Crippen LogP contribution in [0, 0.1) is 0 Å². The molecule has 0 radical (unpaired) electrons. The van der Waals surface area contributed by atoms with E-state index in [1.807, 2.05) is 11.4 Å². The number of nitrogens with zero attached hydrogens (tertiary/aromatic N) is 2. The van der Waals surface area contributed by atoms with Crippen LogP contribution in [-0.4, -0.2) is 21.4 Å². The third kappa shape index (κ3) is 2.44. The molecule has 0 amide bonds. The van der Waals surface area contributed by atoms with Gasteiger partial charge in [-0.15, -0.1) is 22.9 Å². The zero-order valence-electron chi connectivity index (χ0n) is 9.33. The fourth-order valence-corrected chi connectivity index (χ4v) is 2.71. The molecule has 3 nitrogen and oxygen atoms in total. The number of halogens is 1. The number of fused-ring (bicyclic) bond motifs is 1. The number of nitrogens with one attached hydrogen (secondary N) is 1. The van der Waals surface area contributed by atoms with Crippen molar-refractivity contribution in [1.29, 1.82) is 0 Å². The van der Waals surface area contributed by atoms with E-state index < -0.39 is 0 Å². The minimum absolute atomic E-state index is 0.0506. The van der Waals surface area contributed by atoms with E-state index >= 15 is 0 Å². The Morgan fingerprint density at radius 2 is 2.25 bits per heavy atom. The van der Waals surface area contributed by atoms with Gasteiger partial charge in [0.15, 0.2) is 0 Å². The molecule has 0 bridgehead atoms. The predicted molar refractivity (Wildman–Crippen MR) is 70.5 cm³/mol. The number of hydrogen-bond acceptors (Lipinski definition) is 4. The average Bonchev–Trinajstić information content (AvgIpc) is 2.65. The molecule has 0 saturated heterocycles. The second-order valence-electron chi connectivity index (χ2n) is 4.31. The molecule has 16 heavy (non-hydrogen) atoms. The molecule has 2 rings (SSSR count). The summed E-state index contributed by atoms with van der Waals surface area (Å²) in [4.78, 5) is 9.52. The van der Waals surface area contributed by atoms with Crippen molar-refractivity contribution < 1.29 is 0 Å². The highest BCUT2D eigenvalue weighted by Gasteiger charge is 2.18. The summed E-state index contributed by atoms with van der Waals surface area (Å²) in [6, 6.07) is 2.04. The zero-order valence-corrected chi connectivity index (χ0v) is 10.9. The van der Waals surface area contributed by atoms with Crippen LogP contribution in [0.5, 0.6) is 0 Å². The molecule has 0 atom stereocenters. The Kier molecular flexibility index (Phi) is 3.30. The maximum absolute atomic E-state index is 5.78. The normalized spacial score (nSPS) is 11.9. The van der Waals surface area contributed by atoms with Crippen LogP contribution < -0.4 is 5.32 Å². The van der Waals surface area contributed by atoms with Crippen LogP contribution in [0.2, 0.25) is 0 Å². The summed E-state index contributed by atoms with van der Waals surface area (Å²) in [5.41, 5.74) is -0.0506. The number of hydrogen-bond donors (Lipinski definition) is 1. The fourth-order valence-electron chi connectivity index (χ4n) is 1.51. The van der Waals surface area contributed by atoms with E-state index in [9.17, 15) is 0 Å². The Morgan fingerprint density at radius 1 is 1.44 bits per heavy atom. The quantitative estimate of drug-likeness (QED) is 0.850. The lowest BCUT2D eigenvalue weighted by molar-refractivity contribution is 0.549. The average molecular weight is 256 g/mol. The smallest absolute Gasteiger partial charge is 0.138 e. The lowest BCUT2D eigenvalue weighted by Crippen LogP contribution is -2.31. The van der Waals surface area contributed by atoms with E-state index in [2.05, 4.69) is 29.1 Å². The van der Waals surface area contributed by atoms with Crippen molar-refractivity contribution in [3.05, 3.63) is 17.8 Å². The van der Waals surface area contributed by atoms with Gasteiger partial charge in [0.2, 0.25) is 0 Å². The Labute approximate surface area is 104 Å². The second-order valence-corrected chi connectivity index (χ2v) is 5.58. The first kappa shape index (κ1) is 11.6. The van der Waals surface area contributed by atoms with Gasteiger partial charge >= 0.3 is 0 Å². The fraction of sp³-hybridized carbons (Fsp3) is 0.455. The van der Waals surface area contributed by atoms with Gasteiger partial charge in [0, 0.05) is 11.4 Å². The first-order valence-corrected chi connectivity index (χ1v) is 6.56. The van der Waals surface area contributed by atoms with E-state index in [1.165, 1.54) is 0 Å². The Hall–Kier alpha value is -0.870. The van der Waals surface area contributed by atoms with Crippen LogP contribution in [-0.2, 0) is 0 Å². The summed E-state index contributed by atoms with van der Waals surface area (Å²) in [6.07, 6.45) is 2.49. The van der Waals surface area contributed by atoms with Crippen molar-refractivity contribution in [3.63, 3.8) is 0 Å². The van der Waals surface area contributed by atoms with Gasteiger partial charge in [-0.25, -0.2) is 9.97 Å². The zero-order chi connectivity index (χ0) is 11.6.